The summed E-state index contributed by atoms with van der Waals surface area (Å²) in [5.74, 6) is 0. The molecule has 4 heteroatoms. The molecular weight excluding hydrogens is 239 g/mol. The summed E-state index contributed by atoms with van der Waals surface area (Å²) in [6.07, 6.45) is 4.34. The van der Waals surface area contributed by atoms with Crippen LogP contribution in [0.5, 0.6) is 0 Å². The van der Waals surface area contributed by atoms with Crippen molar-refractivity contribution < 1.29 is 32.7 Å². The molecule has 2 rings (SSSR count). The van der Waals surface area contributed by atoms with Gasteiger partial charge in [0.25, 0.3) is 0 Å². The fourth-order valence-corrected chi connectivity index (χ4v) is 0.905. The molecule has 1 heterocycles. The van der Waals surface area contributed by atoms with Gasteiger partial charge in [0, 0.05) is 32.7 Å². The van der Waals surface area contributed by atoms with E-state index in [-0.39, 0.29) is 32.7 Å². The van der Waals surface area contributed by atoms with Crippen molar-refractivity contribution >= 4 is 0 Å². The van der Waals surface area contributed by atoms with Gasteiger partial charge >= 0.3 is 0 Å². The van der Waals surface area contributed by atoms with Crippen LogP contribution in [0, 0.1) is 12.3 Å². The largest absolute Gasteiger partial charge is 0.252 e. The Balaban J connectivity index is 0.000000845. The maximum atomic E-state index is 3.65. The third-order valence-electron chi connectivity index (χ3n) is 1.45. The molecule has 0 bridgehead atoms. The SMILES string of the molecule is [Y].[c-]1ccccc1-c1[c-]nnnc1. The summed E-state index contributed by atoms with van der Waals surface area (Å²) in [5, 5.41) is 10.6. The molecule has 3 nitrogen and oxygen atoms in total. The fourth-order valence-electron chi connectivity index (χ4n) is 0.905. The van der Waals surface area contributed by atoms with E-state index in [0.717, 1.165) is 11.1 Å². The fraction of sp³-hybridized carbons (Fsp3) is 0. The van der Waals surface area contributed by atoms with Crippen molar-refractivity contribution in [1.82, 2.24) is 15.4 Å². The predicted molar refractivity (Wildman–Crippen MR) is 42.9 cm³/mol. The first-order valence-electron chi connectivity index (χ1n) is 3.50. The Morgan fingerprint density at radius 1 is 1.15 bits per heavy atom. The number of hydrogen-bond donors (Lipinski definition) is 0. The smallest absolute Gasteiger partial charge is 0 e. The maximum absolute atomic E-state index is 3.65. The Morgan fingerprint density at radius 3 is 2.69 bits per heavy atom. The predicted octanol–water partition coefficient (Wildman–Crippen LogP) is 1.14. The van der Waals surface area contributed by atoms with E-state index in [4.69, 9.17) is 0 Å². The van der Waals surface area contributed by atoms with Gasteiger partial charge in [-0.15, -0.1) is 6.07 Å². The Bertz CT molecular complexity index is 312. The van der Waals surface area contributed by atoms with Crippen LogP contribution in [0.3, 0.4) is 0 Å². The third-order valence-corrected chi connectivity index (χ3v) is 1.45. The Labute approximate surface area is 101 Å². The van der Waals surface area contributed by atoms with Crippen molar-refractivity contribution in [1.29, 1.82) is 0 Å². The minimum Gasteiger partial charge on any atom is -0.252 e. The van der Waals surface area contributed by atoms with E-state index in [2.05, 4.69) is 27.7 Å². The molecule has 0 fully saturated rings. The van der Waals surface area contributed by atoms with Crippen LogP contribution in [0.4, 0.5) is 0 Å². The summed E-state index contributed by atoms with van der Waals surface area (Å²) >= 11 is 0. The molecule has 0 saturated heterocycles. The van der Waals surface area contributed by atoms with Crippen LogP contribution in [0.25, 0.3) is 11.1 Å². The molecule has 0 atom stereocenters. The molecule has 1 radical (unpaired) electrons. The summed E-state index contributed by atoms with van der Waals surface area (Å²) in [7, 11) is 0. The van der Waals surface area contributed by atoms with Gasteiger partial charge in [0.05, 0.1) is 0 Å². The molecule has 1 aromatic heterocycles. The molecule has 0 amide bonds. The quantitative estimate of drug-likeness (QED) is 0.706. The van der Waals surface area contributed by atoms with Crippen molar-refractivity contribution in [2.75, 3.05) is 0 Å². The van der Waals surface area contributed by atoms with Crippen LogP contribution in [0.2, 0.25) is 0 Å². The number of rotatable bonds is 1. The Kier molecular flexibility index (Phi) is 4.12. The molecule has 0 N–H and O–H groups in total. The van der Waals surface area contributed by atoms with Gasteiger partial charge in [-0.2, -0.15) is 12.1 Å². The Hall–Kier alpha value is -0.666. The first-order valence-corrected chi connectivity index (χ1v) is 3.50. The first-order chi connectivity index (χ1) is 5.97. The second kappa shape index (κ2) is 5.15. The molecule has 0 aliphatic rings. The van der Waals surface area contributed by atoms with Gasteiger partial charge in [0.15, 0.2) is 0 Å². The molecule has 0 unspecified atom stereocenters. The van der Waals surface area contributed by atoms with Gasteiger partial charge in [-0.25, -0.2) is 27.9 Å². The normalized spacial score (nSPS) is 8.92. The summed E-state index contributed by atoms with van der Waals surface area (Å²) in [6.45, 7) is 0. The second-order valence-corrected chi connectivity index (χ2v) is 2.24. The number of nitrogens with zero attached hydrogens (tertiary/aromatic N) is 3. The first kappa shape index (κ1) is 10.4. The van der Waals surface area contributed by atoms with Crippen molar-refractivity contribution in [2.24, 2.45) is 0 Å². The van der Waals surface area contributed by atoms with Crippen LogP contribution in [0.1, 0.15) is 0 Å². The van der Waals surface area contributed by atoms with E-state index >= 15 is 0 Å². The maximum Gasteiger partial charge on any atom is 0 e. The van der Waals surface area contributed by atoms with Crippen LogP contribution in [-0.4, -0.2) is 15.4 Å². The van der Waals surface area contributed by atoms with Gasteiger partial charge in [-0.1, -0.05) is 17.6 Å². The minimum atomic E-state index is 0. The van der Waals surface area contributed by atoms with Gasteiger partial charge in [-0.3, -0.25) is 5.56 Å². The van der Waals surface area contributed by atoms with Gasteiger partial charge in [0.1, 0.15) is 0 Å². The number of aromatic nitrogens is 3. The van der Waals surface area contributed by atoms with Gasteiger partial charge in [-0.05, 0) is 0 Å². The molecule has 0 saturated carbocycles. The molecule has 0 spiro atoms. The zero-order chi connectivity index (χ0) is 8.23. The zero-order valence-electron chi connectivity index (χ0n) is 6.81. The van der Waals surface area contributed by atoms with E-state index in [1.807, 2.05) is 24.3 Å². The van der Waals surface area contributed by atoms with E-state index in [1.54, 1.807) is 6.20 Å². The molecule has 0 aliphatic heterocycles. The van der Waals surface area contributed by atoms with E-state index in [0.29, 0.717) is 0 Å². The van der Waals surface area contributed by atoms with E-state index in [1.165, 1.54) is 0 Å². The summed E-state index contributed by atoms with van der Waals surface area (Å²) < 4.78 is 0. The van der Waals surface area contributed by atoms with Gasteiger partial charge < -0.3 is 0 Å². The van der Waals surface area contributed by atoms with Crippen molar-refractivity contribution in [2.45, 2.75) is 0 Å². The van der Waals surface area contributed by atoms with Crippen LogP contribution < -0.4 is 0 Å². The van der Waals surface area contributed by atoms with Crippen molar-refractivity contribution in [3.8, 4) is 11.1 Å². The molecule has 13 heavy (non-hydrogen) atoms. The molecule has 61 valence electrons. The summed E-state index contributed by atoms with van der Waals surface area (Å²) in [4.78, 5) is 0. The topological polar surface area (TPSA) is 38.7 Å². The van der Waals surface area contributed by atoms with Gasteiger partial charge in [0.2, 0.25) is 0 Å². The van der Waals surface area contributed by atoms with Crippen molar-refractivity contribution in [3.05, 3.63) is 42.7 Å². The summed E-state index contributed by atoms with van der Waals surface area (Å²) in [5.41, 5.74) is 1.74. The average Bonchev–Trinajstić information content (AvgIpc) is 2.21. The second-order valence-electron chi connectivity index (χ2n) is 2.24. The van der Waals surface area contributed by atoms with Crippen LogP contribution in [0.15, 0.2) is 30.5 Å². The molecular formula is C9H5N3Y-2. The standard InChI is InChI=1S/C9H5N3.Y/c1-2-4-8(5-3-1)9-6-10-12-11-7-9;/h1-4,6H;/q-2;. The minimum absolute atomic E-state index is 0. The third kappa shape index (κ3) is 2.64. The number of hydrogen-bond acceptors (Lipinski definition) is 3. The van der Waals surface area contributed by atoms with E-state index < -0.39 is 0 Å². The monoisotopic (exact) mass is 244 g/mol. The van der Waals surface area contributed by atoms with Crippen LogP contribution >= 0.6 is 0 Å². The average molecular weight is 244 g/mol. The number of benzene rings is 1. The molecule has 0 aliphatic carbocycles. The Morgan fingerprint density at radius 2 is 2.08 bits per heavy atom. The van der Waals surface area contributed by atoms with Crippen LogP contribution in [-0.2, 0) is 32.7 Å². The molecule has 2 aromatic rings. The molecule has 1 aromatic carbocycles. The van der Waals surface area contributed by atoms with E-state index in [9.17, 15) is 0 Å². The van der Waals surface area contributed by atoms with Crippen molar-refractivity contribution in [3.63, 3.8) is 0 Å². The summed E-state index contributed by atoms with van der Waals surface area (Å²) in [6, 6.07) is 10.6. The zero-order valence-corrected chi connectivity index (χ0v) is 9.64.